The van der Waals surface area contributed by atoms with Crippen molar-refractivity contribution in [1.82, 2.24) is 0 Å². The molecule has 0 atom stereocenters. The Labute approximate surface area is 114 Å². The van der Waals surface area contributed by atoms with Gasteiger partial charge in [0.05, 0.1) is 0 Å². The first-order chi connectivity index (χ1) is 8.61. The third kappa shape index (κ3) is 2.47. The van der Waals surface area contributed by atoms with E-state index in [1.807, 2.05) is 19.1 Å². The topological polar surface area (TPSA) is 59.0 Å². The lowest BCUT2D eigenvalue weighted by Gasteiger charge is -2.09. The number of rotatable bonds is 2. The van der Waals surface area contributed by atoms with E-state index in [4.69, 9.17) is 15.7 Å². The highest BCUT2D eigenvalue weighted by molar-refractivity contribution is 9.10. The maximum Gasteiger partial charge on any atom is 0.146 e. The van der Waals surface area contributed by atoms with Crippen LogP contribution in [0.3, 0.4) is 0 Å². The van der Waals surface area contributed by atoms with E-state index < -0.39 is 0 Å². The van der Waals surface area contributed by atoms with Gasteiger partial charge in [0.15, 0.2) is 0 Å². The van der Waals surface area contributed by atoms with E-state index in [0.29, 0.717) is 17.1 Å². The van der Waals surface area contributed by atoms with Crippen molar-refractivity contribution >= 4 is 21.6 Å². The Morgan fingerprint density at radius 1 is 1.28 bits per heavy atom. The van der Waals surface area contributed by atoms with Gasteiger partial charge in [-0.3, -0.25) is 0 Å². The predicted molar refractivity (Wildman–Crippen MR) is 74.5 cm³/mol. The first-order valence-electron chi connectivity index (χ1n) is 5.34. The van der Waals surface area contributed by atoms with Gasteiger partial charge in [-0.1, -0.05) is 6.07 Å². The van der Waals surface area contributed by atoms with Gasteiger partial charge in [0.1, 0.15) is 23.1 Å². The minimum absolute atomic E-state index is 0.479. The van der Waals surface area contributed by atoms with Crippen molar-refractivity contribution in [3.63, 3.8) is 0 Å². The third-order valence-corrected chi connectivity index (χ3v) is 3.22. The summed E-state index contributed by atoms with van der Waals surface area (Å²) in [5, 5.41) is 9.10. The van der Waals surface area contributed by atoms with Crippen molar-refractivity contribution < 1.29 is 4.74 Å². The monoisotopic (exact) mass is 302 g/mol. The summed E-state index contributed by atoms with van der Waals surface area (Å²) in [5.41, 5.74) is 7.89. The van der Waals surface area contributed by atoms with Crippen LogP contribution in [-0.2, 0) is 0 Å². The number of hydrogen-bond acceptors (Lipinski definition) is 3. The normalized spacial score (nSPS) is 9.83. The highest BCUT2D eigenvalue weighted by atomic mass is 79.9. The zero-order valence-electron chi connectivity index (χ0n) is 9.77. The molecule has 0 amide bonds. The van der Waals surface area contributed by atoms with Crippen molar-refractivity contribution in [2.45, 2.75) is 6.92 Å². The van der Waals surface area contributed by atoms with Gasteiger partial charge >= 0.3 is 0 Å². The molecule has 0 saturated carbocycles. The summed E-state index contributed by atoms with van der Waals surface area (Å²) in [7, 11) is 0. The number of halogens is 1. The highest BCUT2D eigenvalue weighted by Crippen LogP contribution is 2.31. The van der Waals surface area contributed by atoms with Gasteiger partial charge in [-0.2, -0.15) is 5.26 Å². The molecule has 0 aliphatic rings. The number of hydrogen-bond donors (Lipinski definition) is 1. The lowest BCUT2D eigenvalue weighted by Crippen LogP contribution is -1.92. The molecule has 2 N–H and O–H groups in total. The molecular weight excluding hydrogens is 292 g/mol. The molecule has 0 aliphatic carbocycles. The Hall–Kier alpha value is -1.99. The minimum Gasteiger partial charge on any atom is -0.456 e. The summed E-state index contributed by atoms with van der Waals surface area (Å²) in [5.74, 6) is 1.19. The van der Waals surface area contributed by atoms with Crippen LogP contribution < -0.4 is 10.5 Å². The molecule has 18 heavy (non-hydrogen) atoms. The molecule has 0 fully saturated rings. The van der Waals surface area contributed by atoms with Gasteiger partial charge in [-0.25, -0.2) is 0 Å². The van der Waals surface area contributed by atoms with E-state index in [1.165, 1.54) is 0 Å². The third-order valence-electron chi connectivity index (χ3n) is 2.56. The first kappa shape index (κ1) is 12.5. The Kier molecular flexibility index (Phi) is 3.54. The van der Waals surface area contributed by atoms with E-state index in [-0.39, 0.29) is 0 Å². The second kappa shape index (κ2) is 5.11. The molecule has 0 radical (unpaired) electrons. The fourth-order valence-electron chi connectivity index (χ4n) is 1.54. The minimum atomic E-state index is 0.479. The van der Waals surface area contributed by atoms with Crippen molar-refractivity contribution in [3.05, 3.63) is 52.0 Å². The van der Waals surface area contributed by atoms with Crippen LogP contribution in [0.25, 0.3) is 0 Å². The van der Waals surface area contributed by atoms with Gasteiger partial charge in [-0.15, -0.1) is 0 Å². The lowest BCUT2D eigenvalue weighted by atomic mass is 10.2. The molecular formula is C14H11BrN2O. The van der Waals surface area contributed by atoms with Crippen LogP contribution >= 0.6 is 15.9 Å². The predicted octanol–water partition coefficient (Wildman–Crippen LogP) is 4.00. The van der Waals surface area contributed by atoms with Gasteiger partial charge in [-0.05, 0) is 58.7 Å². The van der Waals surface area contributed by atoms with Crippen molar-refractivity contribution in [3.8, 4) is 17.6 Å². The maximum absolute atomic E-state index is 9.10. The van der Waals surface area contributed by atoms with E-state index in [2.05, 4.69) is 22.0 Å². The van der Waals surface area contributed by atoms with E-state index in [1.54, 1.807) is 24.3 Å². The van der Waals surface area contributed by atoms with E-state index in [9.17, 15) is 0 Å². The summed E-state index contributed by atoms with van der Waals surface area (Å²) in [6.07, 6.45) is 0. The van der Waals surface area contributed by atoms with Gasteiger partial charge in [0.25, 0.3) is 0 Å². The molecule has 0 heterocycles. The number of anilines is 1. The molecule has 2 rings (SSSR count). The molecule has 0 aliphatic heterocycles. The van der Waals surface area contributed by atoms with E-state index >= 15 is 0 Å². The van der Waals surface area contributed by atoms with Crippen LogP contribution in [0, 0.1) is 18.3 Å². The number of nitrogens with zero attached hydrogens (tertiary/aromatic N) is 1. The van der Waals surface area contributed by atoms with Gasteiger partial charge in [0.2, 0.25) is 0 Å². The SMILES string of the molecule is Cc1cc(Oc2cccc(Br)c2C#N)ccc1N. The highest BCUT2D eigenvalue weighted by Gasteiger charge is 2.08. The van der Waals surface area contributed by atoms with Crippen LogP contribution in [0.2, 0.25) is 0 Å². The Bertz CT molecular complexity index is 632. The Balaban J connectivity index is 2.37. The number of benzene rings is 2. The van der Waals surface area contributed by atoms with Crippen LogP contribution in [-0.4, -0.2) is 0 Å². The summed E-state index contributed by atoms with van der Waals surface area (Å²) in [6.45, 7) is 1.91. The number of aryl methyl sites for hydroxylation is 1. The molecule has 0 spiro atoms. The van der Waals surface area contributed by atoms with Crippen molar-refractivity contribution in [2.24, 2.45) is 0 Å². The quantitative estimate of drug-likeness (QED) is 0.853. The molecule has 2 aromatic rings. The first-order valence-corrected chi connectivity index (χ1v) is 6.13. The summed E-state index contributed by atoms with van der Waals surface area (Å²) in [4.78, 5) is 0. The number of nitriles is 1. The largest absolute Gasteiger partial charge is 0.456 e. The molecule has 0 unspecified atom stereocenters. The number of nitrogens with two attached hydrogens (primary N) is 1. The fraction of sp³-hybridized carbons (Fsp3) is 0.0714. The molecule has 3 nitrogen and oxygen atoms in total. The molecule has 2 aromatic carbocycles. The summed E-state index contributed by atoms with van der Waals surface area (Å²) >= 11 is 3.32. The van der Waals surface area contributed by atoms with Crippen LogP contribution in [0.1, 0.15) is 11.1 Å². The molecule has 4 heteroatoms. The number of nitrogen functional groups attached to an aromatic ring is 1. The van der Waals surface area contributed by atoms with Crippen LogP contribution in [0.15, 0.2) is 40.9 Å². The maximum atomic E-state index is 9.10. The van der Waals surface area contributed by atoms with E-state index in [0.717, 1.165) is 15.7 Å². The average Bonchev–Trinajstić information content (AvgIpc) is 2.34. The second-order valence-electron chi connectivity index (χ2n) is 3.85. The Morgan fingerprint density at radius 2 is 2.06 bits per heavy atom. The molecule has 0 aromatic heterocycles. The van der Waals surface area contributed by atoms with Gasteiger partial charge in [0, 0.05) is 10.2 Å². The van der Waals surface area contributed by atoms with Crippen LogP contribution in [0.5, 0.6) is 11.5 Å². The molecule has 90 valence electrons. The standard InChI is InChI=1S/C14H11BrN2O/c1-9-7-10(5-6-13(9)17)18-14-4-2-3-12(15)11(14)8-16/h2-7H,17H2,1H3. The smallest absolute Gasteiger partial charge is 0.146 e. The average molecular weight is 303 g/mol. The second-order valence-corrected chi connectivity index (χ2v) is 4.70. The van der Waals surface area contributed by atoms with Crippen molar-refractivity contribution in [1.29, 1.82) is 5.26 Å². The van der Waals surface area contributed by atoms with Crippen LogP contribution in [0.4, 0.5) is 5.69 Å². The van der Waals surface area contributed by atoms with Gasteiger partial charge < -0.3 is 10.5 Å². The summed E-state index contributed by atoms with van der Waals surface area (Å²) < 4.78 is 6.43. The zero-order chi connectivity index (χ0) is 13.1. The molecule has 0 saturated heterocycles. The Morgan fingerprint density at radius 3 is 2.72 bits per heavy atom. The fourth-order valence-corrected chi connectivity index (χ4v) is 1.97. The van der Waals surface area contributed by atoms with Crippen molar-refractivity contribution in [2.75, 3.05) is 5.73 Å². The summed E-state index contributed by atoms with van der Waals surface area (Å²) in [6, 6.07) is 12.9. The number of ether oxygens (including phenoxy) is 1. The lowest BCUT2D eigenvalue weighted by molar-refractivity contribution is 0.480. The zero-order valence-corrected chi connectivity index (χ0v) is 11.4. The molecule has 0 bridgehead atoms.